The van der Waals surface area contributed by atoms with E-state index < -0.39 is 5.97 Å². The summed E-state index contributed by atoms with van der Waals surface area (Å²) in [6, 6.07) is 7.32. The van der Waals surface area contributed by atoms with Crippen molar-refractivity contribution in [2.75, 3.05) is 45.9 Å². The summed E-state index contributed by atoms with van der Waals surface area (Å²) in [4.78, 5) is 16.0. The molecule has 2 aliphatic heterocycles. The molecule has 0 spiro atoms. The molecule has 2 heterocycles. The number of carboxylic acids is 1. The number of carbonyl (C=O) groups is 1. The van der Waals surface area contributed by atoms with Crippen molar-refractivity contribution in [3.63, 3.8) is 0 Å². The van der Waals surface area contributed by atoms with Gasteiger partial charge in [0.1, 0.15) is 0 Å². The number of rotatable bonds is 6. The minimum atomic E-state index is -0.848. The third-order valence-corrected chi connectivity index (χ3v) is 5.24. The zero-order valence-electron chi connectivity index (χ0n) is 14.3. The molecular formula is C19H28N2O3. The lowest BCUT2D eigenvalue weighted by Gasteiger charge is -2.34. The fourth-order valence-electron chi connectivity index (χ4n) is 3.68. The van der Waals surface area contributed by atoms with Gasteiger partial charge in [0.05, 0.1) is 18.8 Å². The second kappa shape index (κ2) is 8.60. The van der Waals surface area contributed by atoms with Crippen LogP contribution in [0.5, 0.6) is 0 Å². The zero-order valence-corrected chi connectivity index (χ0v) is 14.3. The second-order valence-electron chi connectivity index (χ2n) is 6.97. The number of hydrogen-bond donors (Lipinski definition) is 1. The molecule has 24 heavy (non-hydrogen) atoms. The van der Waals surface area contributed by atoms with Gasteiger partial charge in [-0.2, -0.15) is 0 Å². The van der Waals surface area contributed by atoms with Gasteiger partial charge in [0.15, 0.2) is 0 Å². The average molecular weight is 332 g/mol. The van der Waals surface area contributed by atoms with Crippen molar-refractivity contribution in [1.29, 1.82) is 0 Å². The maximum absolute atomic E-state index is 11.1. The minimum Gasteiger partial charge on any atom is -0.478 e. The van der Waals surface area contributed by atoms with Gasteiger partial charge in [0, 0.05) is 19.6 Å². The number of hydrogen-bond acceptors (Lipinski definition) is 4. The molecule has 3 rings (SSSR count). The van der Waals surface area contributed by atoms with E-state index in [1.165, 1.54) is 25.8 Å². The molecule has 0 bridgehead atoms. The van der Waals surface area contributed by atoms with Crippen LogP contribution in [-0.4, -0.2) is 66.8 Å². The molecule has 0 aliphatic carbocycles. The Hall–Kier alpha value is -1.43. The largest absolute Gasteiger partial charge is 0.478 e. The summed E-state index contributed by atoms with van der Waals surface area (Å²) in [5.41, 5.74) is 1.48. The maximum atomic E-state index is 11.1. The normalized spacial score (nSPS) is 21.0. The zero-order chi connectivity index (χ0) is 16.8. The predicted molar refractivity (Wildman–Crippen MR) is 93.3 cm³/mol. The minimum absolute atomic E-state index is 0.382. The van der Waals surface area contributed by atoms with Crippen molar-refractivity contribution >= 4 is 5.97 Å². The van der Waals surface area contributed by atoms with Crippen LogP contribution in [0.3, 0.4) is 0 Å². The smallest absolute Gasteiger partial charge is 0.335 e. The van der Waals surface area contributed by atoms with E-state index in [1.54, 1.807) is 12.1 Å². The predicted octanol–water partition coefficient (Wildman–Crippen LogP) is 2.32. The SMILES string of the molecule is O=C(O)c1cccc(CN2CCC(CCN3CCOCC3)CC2)c1. The molecule has 0 aromatic heterocycles. The van der Waals surface area contributed by atoms with E-state index in [-0.39, 0.29) is 0 Å². The average Bonchev–Trinajstić information content (AvgIpc) is 2.62. The van der Waals surface area contributed by atoms with E-state index in [1.807, 2.05) is 12.1 Å². The number of likely N-dealkylation sites (tertiary alicyclic amines) is 1. The molecule has 132 valence electrons. The highest BCUT2D eigenvalue weighted by molar-refractivity contribution is 5.87. The van der Waals surface area contributed by atoms with Crippen molar-refractivity contribution in [2.24, 2.45) is 5.92 Å². The first-order chi connectivity index (χ1) is 11.7. The Labute approximate surface area is 144 Å². The third kappa shape index (κ3) is 5.03. The molecule has 1 N–H and O–H groups in total. The molecular weight excluding hydrogens is 304 g/mol. The van der Waals surface area contributed by atoms with Crippen molar-refractivity contribution in [3.8, 4) is 0 Å². The van der Waals surface area contributed by atoms with E-state index in [9.17, 15) is 4.79 Å². The Morgan fingerprint density at radius 3 is 2.58 bits per heavy atom. The summed E-state index contributed by atoms with van der Waals surface area (Å²) in [6.45, 7) is 8.22. The van der Waals surface area contributed by atoms with Gasteiger partial charge in [-0.05, 0) is 62.5 Å². The van der Waals surface area contributed by atoms with Gasteiger partial charge in [-0.1, -0.05) is 12.1 Å². The summed E-state index contributed by atoms with van der Waals surface area (Å²) in [5, 5.41) is 9.09. The second-order valence-corrected chi connectivity index (χ2v) is 6.97. The number of nitrogens with zero attached hydrogens (tertiary/aromatic N) is 2. The molecule has 2 fully saturated rings. The number of aromatic carboxylic acids is 1. The topological polar surface area (TPSA) is 53.0 Å². The van der Waals surface area contributed by atoms with Crippen molar-refractivity contribution in [3.05, 3.63) is 35.4 Å². The van der Waals surface area contributed by atoms with Gasteiger partial charge in [-0.15, -0.1) is 0 Å². The number of morpholine rings is 1. The lowest BCUT2D eigenvalue weighted by atomic mass is 9.93. The first-order valence-electron chi connectivity index (χ1n) is 9.05. The highest BCUT2D eigenvalue weighted by atomic mass is 16.5. The van der Waals surface area contributed by atoms with Crippen LogP contribution in [-0.2, 0) is 11.3 Å². The lowest BCUT2D eigenvalue weighted by Crippen LogP contribution is -2.39. The van der Waals surface area contributed by atoms with E-state index in [0.29, 0.717) is 5.56 Å². The fourth-order valence-corrected chi connectivity index (χ4v) is 3.68. The molecule has 0 unspecified atom stereocenters. The van der Waals surface area contributed by atoms with Crippen LogP contribution >= 0.6 is 0 Å². The molecule has 5 heteroatoms. The molecule has 5 nitrogen and oxygen atoms in total. The summed E-state index contributed by atoms with van der Waals surface area (Å²) < 4.78 is 5.40. The summed E-state index contributed by atoms with van der Waals surface area (Å²) >= 11 is 0. The number of carboxylic acid groups (broad SMARTS) is 1. The number of benzene rings is 1. The van der Waals surface area contributed by atoms with Crippen LogP contribution in [0.25, 0.3) is 0 Å². The number of piperidine rings is 1. The lowest BCUT2D eigenvalue weighted by molar-refractivity contribution is 0.0334. The van der Waals surface area contributed by atoms with E-state index >= 15 is 0 Å². The van der Waals surface area contributed by atoms with Crippen molar-refractivity contribution < 1.29 is 14.6 Å². The van der Waals surface area contributed by atoms with Crippen LogP contribution in [0.4, 0.5) is 0 Å². The Morgan fingerprint density at radius 1 is 1.12 bits per heavy atom. The van der Waals surface area contributed by atoms with Gasteiger partial charge in [0.25, 0.3) is 0 Å². The Balaban J connectivity index is 1.40. The first-order valence-corrected chi connectivity index (χ1v) is 9.05. The van der Waals surface area contributed by atoms with Crippen molar-refractivity contribution in [2.45, 2.75) is 25.8 Å². The first kappa shape index (κ1) is 17.4. The Kier molecular flexibility index (Phi) is 6.24. The summed E-state index contributed by atoms with van der Waals surface area (Å²) in [5.74, 6) is -0.0203. The Bertz CT molecular complexity index is 535. The van der Waals surface area contributed by atoms with Crippen LogP contribution in [0, 0.1) is 5.92 Å². The van der Waals surface area contributed by atoms with Gasteiger partial charge < -0.3 is 9.84 Å². The highest BCUT2D eigenvalue weighted by Gasteiger charge is 2.20. The maximum Gasteiger partial charge on any atom is 0.335 e. The molecule has 1 aromatic rings. The van der Waals surface area contributed by atoms with Gasteiger partial charge in [-0.3, -0.25) is 9.80 Å². The third-order valence-electron chi connectivity index (χ3n) is 5.24. The van der Waals surface area contributed by atoms with Gasteiger partial charge in [-0.25, -0.2) is 4.79 Å². The molecule has 0 radical (unpaired) electrons. The highest BCUT2D eigenvalue weighted by Crippen LogP contribution is 2.22. The van der Waals surface area contributed by atoms with E-state index in [4.69, 9.17) is 9.84 Å². The van der Waals surface area contributed by atoms with Crippen LogP contribution in [0.1, 0.15) is 35.2 Å². The van der Waals surface area contributed by atoms with E-state index in [0.717, 1.165) is 57.4 Å². The van der Waals surface area contributed by atoms with Crippen LogP contribution in [0.2, 0.25) is 0 Å². The van der Waals surface area contributed by atoms with Crippen LogP contribution in [0.15, 0.2) is 24.3 Å². The fraction of sp³-hybridized carbons (Fsp3) is 0.632. The quantitative estimate of drug-likeness (QED) is 0.866. The van der Waals surface area contributed by atoms with Gasteiger partial charge in [0.2, 0.25) is 0 Å². The molecule has 1 aromatic carbocycles. The molecule has 0 amide bonds. The van der Waals surface area contributed by atoms with E-state index in [2.05, 4.69) is 9.80 Å². The summed E-state index contributed by atoms with van der Waals surface area (Å²) in [7, 11) is 0. The van der Waals surface area contributed by atoms with Crippen LogP contribution < -0.4 is 0 Å². The molecule has 0 saturated carbocycles. The standard InChI is InChI=1S/C19H28N2O3/c22-19(23)18-3-1-2-17(14-18)15-21-8-5-16(6-9-21)4-7-20-10-12-24-13-11-20/h1-3,14,16H,4-13,15H2,(H,22,23). The molecule has 2 saturated heterocycles. The van der Waals surface area contributed by atoms with Gasteiger partial charge >= 0.3 is 5.97 Å². The van der Waals surface area contributed by atoms with Crippen molar-refractivity contribution in [1.82, 2.24) is 9.80 Å². The number of ether oxygens (including phenoxy) is 1. The Morgan fingerprint density at radius 2 is 1.88 bits per heavy atom. The molecule has 0 atom stereocenters. The summed E-state index contributed by atoms with van der Waals surface area (Å²) in [6.07, 6.45) is 3.80. The monoisotopic (exact) mass is 332 g/mol. The molecule has 2 aliphatic rings.